The van der Waals surface area contributed by atoms with Gasteiger partial charge in [0, 0.05) is 28.3 Å². The van der Waals surface area contributed by atoms with Gasteiger partial charge in [-0.2, -0.15) is 0 Å². The van der Waals surface area contributed by atoms with Crippen molar-refractivity contribution in [2.24, 2.45) is 0 Å². The van der Waals surface area contributed by atoms with E-state index in [2.05, 4.69) is 15.8 Å². The molecule has 1 heterocycles. The zero-order valence-electron chi connectivity index (χ0n) is 15.4. The molecule has 0 aliphatic carbocycles. The zero-order chi connectivity index (χ0) is 19.4. The van der Waals surface area contributed by atoms with Gasteiger partial charge in [-0.15, -0.1) is 0 Å². The van der Waals surface area contributed by atoms with Gasteiger partial charge < -0.3 is 9.84 Å². The lowest BCUT2D eigenvalue weighted by Gasteiger charge is -2.12. The fraction of sp³-hybridized carbons (Fsp3) is 0.190. The van der Waals surface area contributed by atoms with Gasteiger partial charge in [0.15, 0.2) is 11.6 Å². The second kappa shape index (κ2) is 7.45. The van der Waals surface area contributed by atoms with Crippen LogP contribution in [-0.2, 0) is 5.41 Å². The molecule has 0 spiro atoms. The van der Waals surface area contributed by atoms with Gasteiger partial charge in [-0.05, 0) is 12.1 Å². The van der Waals surface area contributed by atoms with Gasteiger partial charge >= 0.3 is 6.03 Å². The molecular formula is C21H21N3O3. The molecule has 0 bridgehead atoms. The standard InChI is InChI=1S/C21H21N3O3/c1-21(2,3)17-13-18(24-27-17)23-20(26)22-16-11-7-10-15(12-16)19(25)14-8-5-4-6-9-14/h4-13H,1-3H3,(H2,22,23,24,26). The number of benzene rings is 2. The first-order valence-electron chi connectivity index (χ1n) is 8.58. The molecule has 0 fully saturated rings. The Balaban J connectivity index is 1.68. The van der Waals surface area contributed by atoms with E-state index >= 15 is 0 Å². The van der Waals surface area contributed by atoms with Gasteiger partial charge in [-0.3, -0.25) is 10.1 Å². The number of urea groups is 1. The summed E-state index contributed by atoms with van der Waals surface area (Å²) in [4.78, 5) is 24.7. The number of ketones is 1. The smallest absolute Gasteiger partial charge is 0.324 e. The van der Waals surface area contributed by atoms with Crippen LogP contribution >= 0.6 is 0 Å². The summed E-state index contributed by atoms with van der Waals surface area (Å²) in [5, 5.41) is 9.17. The number of rotatable bonds is 4. The maximum absolute atomic E-state index is 12.5. The molecule has 2 N–H and O–H groups in total. The van der Waals surface area contributed by atoms with Crippen LogP contribution in [0, 0.1) is 0 Å². The molecule has 1 aromatic heterocycles. The van der Waals surface area contributed by atoms with Crippen molar-refractivity contribution in [1.82, 2.24) is 5.16 Å². The molecule has 3 aromatic rings. The summed E-state index contributed by atoms with van der Waals surface area (Å²) in [5.74, 6) is 0.896. The van der Waals surface area contributed by atoms with E-state index in [-0.39, 0.29) is 11.2 Å². The Morgan fingerprint density at radius 2 is 1.59 bits per heavy atom. The summed E-state index contributed by atoms with van der Waals surface area (Å²) >= 11 is 0. The molecule has 0 saturated heterocycles. The van der Waals surface area contributed by atoms with E-state index in [9.17, 15) is 9.59 Å². The summed E-state index contributed by atoms with van der Waals surface area (Å²) in [7, 11) is 0. The number of anilines is 2. The average molecular weight is 363 g/mol. The fourth-order valence-corrected chi connectivity index (χ4v) is 2.46. The van der Waals surface area contributed by atoms with E-state index in [1.165, 1.54) is 0 Å². The van der Waals surface area contributed by atoms with Gasteiger partial charge in [0.2, 0.25) is 0 Å². The van der Waals surface area contributed by atoms with Crippen LogP contribution in [0.2, 0.25) is 0 Å². The number of carbonyl (C=O) groups excluding carboxylic acids is 2. The Morgan fingerprint density at radius 1 is 0.889 bits per heavy atom. The summed E-state index contributed by atoms with van der Waals surface area (Å²) in [6, 6.07) is 17.0. The minimum Gasteiger partial charge on any atom is -0.359 e. The molecular weight excluding hydrogens is 342 g/mol. The van der Waals surface area contributed by atoms with Crippen LogP contribution in [0.15, 0.2) is 65.2 Å². The van der Waals surface area contributed by atoms with Crippen LogP contribution in [0.25, 0.3) is 0 Å². The van der Waals surface area contributed by atoms with Crippen molar-refractivity contribution in [3.05, 3.63) is 77.6 Å². The largest absolute Gasteiger partial charge is 0.359 e. The van der Waals surface area contributed by atoms with E-state index in [1.807, 2.05) is 39.0 Å². The van der Waals surface area contributed by atoms with Crippen molar-refractivity contribution in [3.8, 4) is 0 Å². The summed E-state index contributed by atoms with van der Waals surface area (Å²) in [5.41, 5.74) is 1.40. The lowest BCUT2D eigenvalue weighted by Crippen LogP contribution is -2.19. The first kappa shape index (κ1) is 18.4. The SMILES string of the molecule is CC(C)(C)c1cc(NC(=O)Nc2cccc(C(=O)c3ccccc3)c2)no1. The number of nitrogens with zero attached hydrogens (tertiary/aromatic N) is 1. The predicted molar refractivity (Wildman–Crippen MR) is 104 cm³/mol. The maximum Gasteiger partial charge on any atom is 0.324 e. The van der Waals surface area contributed by atoms with Gasteiger partial charge in [0.05, 0.1) is 0 Å². The third-order valence-electron chi connectivity index (χ3n) is 3.91. The highest BCUT2D eigenvalue weighted by atomic mass is 16.5. The van der Waals surface area contributed by atoms with Crippen molar-refractivity contribution in [2.75, 3.05) is 10.6 Å². The van der Waals surface area contributed by atoms with Gasteiger partial charge in [0.25, 0.3) is 0 Å². The monoisotopic (exact) mass is 363 g/mol. The fourth-order valence-electron chi connectivity index (χ4n) is 2.46. The Bertz CT molecular complexity index is 956. The second-order valence-electron chi connectivity index (χ2n) is 7.18. The van der Waals surface area contributed by atoms with Crippen LogP contribution in [0.3, 0.4) is 0 Å². The summed E-state index contributed by atoms with van der Waals surface area (Å²) in [6.45, 7) is 5.98. The lowest BCUT2D eigenvalue weighted by atomic mass is 9.93. The number of aromatic nitrogens is 1. The number of amides is 2. The van der Waals surface area contributed by atoms with Crippen LogP contribution in [0.4, 0.5) is 16.3 Å². The number of hydrogen-bond donors (Lipinski definition) is 2. The first-order valence-corrected chi connectivity index (χ1v) is 8.58. The zero-order valence-corrected chi connectivity index (χ0v) is 15.4. The lowest BCUT2D eigenvalue weighted by molar-refractivity contribution is 0.103. The van der Waals surface area contributed by atoms with E-state index in [4.69, 9.17) is 4.52 Å². The van der Waals surface area contributed by atoms with E-state index in [0.29, 0.717) is 28.4 Å². The first-order chi connectivity index (χ1) is 12.8. The molecule has 0 unspecified atom stereocenters. The van der Waals surface area contributed by atoms with Crippen molar-refractivity contribution >= 4 is 23.3 Å². The third-order valence-corrected chi connectivity index (χ3v) is 3.91. The minimum atomic E-state index is -0.465. The van der Waals surface area contributed by atoms with Gasteiger partial charge in [0.1, 0.15) is 5.76 Å². The van der Waals surface area contributed by atoms with Gasteiger partial charge in [-0.1, -0.05) is 68.4 Å². The predicted octanol–water partition coefficient (Wildman–Crippen LogP) is 4.85. The molecule has 2 amide bonds. The number of nitrogens with one attached hydrogen (secondary N) is 2. The third kappa shape index (κ3) is 4.61. The average Bonchev–Trinajstić information content (AvgIpc) is 3.11. The molecule has 138 valence electrons. The van der Waals surface area contributed by atoms with Crippen LogP contribution < -0.4 is 10.6 Å². The molecule has 3 rings (SSSR count). The van der Waals surface area contributed by atoms with E-state index in [1.54, 1.807) is 42.5 Å². The highest BCUT2D eigenvalue weighted by Gasteiger charge is 2.20. The van der Waals surface area contributed by atoms with Crippen LogP contribution in [0.5, 0.6) is 0 Å². The number of hydrogen-bond acceptors (Lipinski definition) is 4. The Kier molecular flexibility index (Phi) is 5.07. The quantitative estimate of drug-likeness (QED) is 0.649. The van der Waals surface area contributed by atoms with Crippen LogP contribution in [-0.4, -0.2) is 17.0 Å². The molecule has 6 heteroatoms. The molecule has 0 radical (unpaired) electrons. The normalized spacial score (nSPS) is 11.1. The second-order valence-corrected chi connectivity index (χ2v) is 7.18. The van der Waals surface area contributed by atoms with Crippen molar-refractivity contribution in [2.45, 2.75) is 26.2 Å². The van der Waals surface area contributed by atoms with E-state index < -0.39 is 6.03 Å². The Hall–Kier alpha value is -3.41. The van der Waals surface area contributed by atoms with Crippen molar-refractivity contribution in [3.63, 3.8) is 0 Å². The van der Waals surface area contributed by atoms with Crippen LogP contribution in [0.1, 0.15) is 42.5 Å². The number of carbonyl (C=O) groups is 2. The Labute approximate surface area is 157 Å². The Morgan fingerprint density at radius 3 is 2.26 bits per heavy atom. The summed E-state index contributed by atoms with van der Waals surface area (Å²) < 4.78 is 5.24. The van der Waals surface area contributed by atoms with Crippen molar-refractivity contribution in [1.29, 1.82) is 0 Å². The molecule has 0 atom stereocenters. The maximum atomic E-state index is 12.5. The summed E-state index contributed by atoms with van der Waals surface area (Å²) in [6.07, 6.45) is 0. The van der Waals surface area contributed by atoms with Crippen molar-refractivity contribution < 1.29 is 14.1 Å². The van der Waals surface area contributed by atoms with Gasteiger partial charge in [-0.25, -0.2) is 4.79 Å². The molecule has 27 heavy (non-hydrogen) atoms. The van der Waals surface area contributed by atoms with E-state index in [0.717, 1.165) is 0 Å². The minimum absolute atomic E-state index is 0.106. The highest BCUT2D eigenvalue weighted by molar-refractivity contribution is 6.10. The molecule has 0 aliphatic rings. The molecule has 0 aliphatic heterocycles. The molecule has 0 saturated carbocycles. The molecule has 2 aromatic carbocycles. The molecule has 6 nitrogen and oxygen atoms in total. The highest BCUT2D eigenvalue weighted by Crippen LogP contribution is 2.24. The topological polar surface area (TPSA) is 84.2 Å².